The van der Waals surface area contributed by atoms with Gasteiger partial charge in [-0.05, 0) is 35.5 Å². The summed E-state index contributed by atoms with van der Waals surface area (Å²) in [4.78, 5) is 0. The first-order valence-electron chi connectivity index (χ1n) is 5.93. The molecule has 0 saturated carbocycles. The van der Waals surface area contributed by atoms with E-state index in [2.05, 4.69) is 45.6 Å². The number of ether oxygens (including phenoxy) is 1. The standard InChI is InChI=1S/C14H20OSSi/c1-9-7-8-11(15-3)12-10(2)14(16-13(9)12)17(4,5)6/h7-8H,1-6H3. The molecule has 0 saturated heterocycles. The molecule has 1 aromatic carbocycles. The highest BCUT2D eigenvalue weighted by Gasteiger charge is 2.24. The van der Waals surface area contributed by atoms with Gasteiger partial charge in [0.1, 0.15) is 5.75 Å². The van der Waals surface area contributed by atoms with Crippen LogP contribution < -0.4 is 9.24 Å². The lowest BCUT2D eigenvalue weighted by Crippen LogP contribution is -2.36. The zero-order valence-electron chi connectivity index (χ0n) is 11.5. The zero-order chi connectivity index (χ0) is 12.8. The number of aryl methyl sites for hydroxylation is 2. The monoisotopic (exact) mass is 264 g/mol. The summed E-state index contributed by atoms with van der Waals surface area (Å²) in [7, 11) is 0.503. The molecule has 3 heteroatoms. The Morgan fingerprint density at radius 3 is 2.29 bits per heavy atom. The summed E-state index contributed by atoms with van der Waals surface area (Å²) >= 11 is 1.97. The molecular formula is C14H20OSSi. The minimum Gasteiger partial charge on any atom is -0.496 e. The Bertz CT molecular complexity index is 564. The summed E-state index contributed by atoms with van der Waals surface area (Å²) in [6.07, 6.45) is 0. The number of methoxy groups -OCH3 is 1. The maximum absolute atomic E-state index is 5.51. The van der Waals surface area contributed by atoms with Crippen LogP contribution in [0.3, 0.4) is 0 Å². The first-order valence-corrected chi connectivity index (χ1v) is 10.2. The van der Waals surface area contributed by atoms with Gasteiger partial charge in [0.25, 0.3) is 0 Å². The molecule has 1 aromatic heterocycles. The van der Waals surface area contributed by atoms with Gasteiger partial charge in [-0.3, -0.25) is 0 Å². The summed E-state index contributed by atoms with van der Waals surface area (Å²) in [5.41, 5.74) is 2.79. The Kier molecular flexibility index (Phi) is 3.08. The Morgan fingerprint density at radius 1 is 1.12 bits per heavy atom. The average molecular weight is 264 g/mol. The van der Waals surface area contributed by atoms with Gasteiger partial charge < -0.3 is 4.74 Å². The fourth-order valence-electron chi connectivity index (χ4n) is 2.33. The minimum absolute atomic E-state index is 1.02. The van der Waals surface area contributed by atoms with Gasteiger partial charge >= 0.3 is 0 Å². The summed E-state index contributed by atoms with van der Waals surface area (Å²) < 4.78 is 8.51. The van der Waals surface area contributed by atoms with Crippen LogP contribution in [0.4, 0.5) is 0 Å². The van der Waals surface area contributed by atoms with Gasteiger partial charge in [0.05, 0.1) is 15.2 Å². The highest BCUT2D eigenvalue weighted by Crippen LogP contribution is 2.35. The van der Waals surface area contributed by atoms with Crippen molar-refractivity contribution in [1.29, 1.82) is 0 Å². The lowest BCUT2D eigenvalue weighted by atomic mass is 10.1. The Labute approximate surface area is 108 Å². The highest BCUT2D eigenvalue weighted by molar-refractivity contribution is 7.31. The van der Waals surface area contributed by atoms with Crippen LogP contribution in [0.25, 0.3) is 10.1 Å². The van der Waals surface area contributed by atoms with Crippen molar-refractivity contribution < 1.29 is 4.74 Å². The summed E-state index contributed by atoms with van der Waals surface area (Å²) in [5, 5.41) is 1.33. The van der Waals surface area contributed by atoms with Crippen molar-refractivity contribution in [3.63, 3.8) is 0 Å². The molecule has 2 rings (SSSR count). The molecule has 0 radical (unpaired) electrons. The Hall–Kier alpha value is -0.803. The van der Waals surface area contributed by atoms with Crippen LogP contribution in [-0.4, -0.2) is 15.2 Å². The molecule has 0 spiro atoms. The first kappa shape index (κ1) is 12.6. The SMILES string of the molecule is COc1ccc(C)c2sc([Si](C)(C)C)c(C)c12. The number of benzene rings is 1. The third kappa shape index (κ3) is 2.02. The summed E-state index contributed by atoms with van der Waals surface area (Å²) in [6, 6.07) is 4.25. The normalized spacial score (nSPS) is 12.1. The molecule has 0 N–H and O–H groups in total. The fourth-order valence-corrected chi connectivity index (χ4v) is 6.16. The molecule has 0 bridgehead atoms. The van der Waals surface area contributed by atoms with Crippen LogP contribution in [0.15, 0.2) is 12.1 Å². The second kappa shape index (κ2) is 4.14. The van der Waals surface area contributed by atoms with E-state index in [0.717, 1.165) is 5.75 Å². The van der Waals surface area contributed by atoms with Gasteiger partial charge in [-0.15, -0.1) is 11.3 Å². The summed E-state index contributed by atoms with van der Waals surface area (Å²) in [6.45, 7) is 11.7. The number of hydrogen-bond donors (Lipinski definition) is 0. The van der Waals surface area contributed by atoms with Gasteiger partial charge in [-0.25, -0.2) is 0 Å². The van der Waals surface area contributed by atoms with Gasteiger partial charge in [-0.2, -0.15) is 0 Å². The van der Waals surface area contributed by atoms with E-state index < -0.39 is 8.07 Å². The predicted octanol–water partition coefficient (Wildman–Crippen LogP) is 4.07. The van der Waals surface area contributed by atoms with E-state index in [4.69, 9.17) is 4.74 Å². The minimum atomic E-state index is -1.26. The van der Waals surface area contributed by atoms with Crippen molar-refractivity contribution in [1.82, 2.24) is 0 Å². The van der Waals surface area contributed by atoms with Crippen LogP contribution in [0.5, 0.6) is 5.75 Å². The molecule has 0 amide bonds. The van der Waals surface area contributed by atoms with Gasteiger partial charge in [0.15, 0.2) is 0 Å². The van der Waals surface area contributed by atoms with E-state index in [1.54, 1.807) is 11.6 Å². The van der Waals surface area contributed by atoms with E-state index >= 15 is 0 Å². The smallest absolute Gasteiger partial charge is 0.127 e. The third-order valence-corrected chi connectivity index (χ3v) is 8.26. The third-order valence-electron chi connectivity index (χ3n) is 3.14. The molecule has 0 fully saturated rings. The molecule has 2 aromatic rings. The predicted molar refractivity (Wildman–Crippen MR) is 80.8 cm³/mol. The lowest BCUT2D eigenvalue weighted by Gasteiger charge is -2.14. The largest absolute Gasteiger partial charge is 0.496 e. The Balaban J connectivity index is 2.86. The van der Waals surface area contributed by atoms with Crippen molar-refractivity contribution in [2.45, 2.75) is 33.5 Å². The Morgan fingerprint density at radius 2 is 1.76 bits per heavy atom. The van der Waals surface area contributed by atoms with Crippen molar-refractivity contribution in [3.05, 3.63) is 23.3 Å². The highest BCUT2D eigenvalue weighted by atomic mass is 32.1. The fraction of sp³-hybridized carbons (Fsp3) is 0.429. The maximum atomic E-state index is 5.51. The van der Waals surface area contributed by atoms with Gasteiger partial charge in [0, 0.05) is 10.1 Å². The van der Waals surface area contributed by atoms with E-state index in [-0.39, 0.29) is 0 Å². The summed E-state index contributed by atoms with van der Waals surface area (Å²) in [5.74, 6) is 1.02. The number of rotatable bonds is 2. The maximum Gasteiger partial charge on any atom is 0.127 e. The number of fused-ring (bicyclic) bond motifs is 1. The molecule has 92 valence electrons. The van der Waals surface area contributed by atoms with E-state index in [1.807, 2.05) is 11.3 Å². The molecule has 0 aliphatic heterocycles. The van der Waals surface area contributed by atoms with E-state index in [1.165, 1.54) is 21.2 Å². The van der Waals surface area contributed by atoms with Crippen LogP contribution >= 0.6 is 11.3 Å². The quantitative estimate of drug-likeness (QED) is 0.743. The number of hydrogen-bond acceptors (Lipinski definition) is 2. The second-order valence-electron chi connectivity index (χ2n) is 5.60. The van der Waals surface area contributed by atoms with Crippen molar-refractivity contribution in [2.24, 2.45) is 0 Å². The van der Waals surface area contributed by atoms with Crippen LogP contribution in [0.1, 0.15) is 11.1 Å². The second-order valence-corrected chi connectivity index (χ2v) is 12.0. The van der Waals surface area contributed by atoms with Gasteiger partial charge in [-0.1, -0.05) is 25.7 Å². The zero-order valence-corrected chi connectivity index (χ0v) is 13.3. The molecule has 0 atom stereocenters. The number of thiophene rings is 1. The average Bonchev–Trinajstić information content (AvgIpc) is 2.58. The van der Waals surface area contributed by atoms with Crippen molar-refractivity contribution >= 4 is 34.0 Å². The van der Waals surface area contributed by atoms with Gasteiger partial charge in [0.2, 0.25) is 0 Å². The van der Waals surface area contributed by atoms with Crippen LogP contribution in [0, 0.1) is 13.8 Å². The molecule has 17 heavy (non-hydrogen) atoms. The van der Waals surface area contributed by atoms with E-state index in [0.29, 0.717) is 0 Å². The van der Waals surface area contributed by atoms with E-state index in [9.17, 15) is 0 Å². The molecular weight excluding hydrogens is 244 g/mol. The van der Waals surface area contributed by atoms with Crippen LogP contribution in [0.2, 0.25) is 19.6 Å². The molecule has 0 unspecified atom stereocenters. The molecule has 1 nitrogen and oxygen atoms in total. The topological polar surface area (TPSA) is 9.23 Å². The molecule has 0 aliphatic carbocycles. The van der Waals surface area contributed by atoms with Crippen molar-refractivity contribution in [3.8, 4) is 5.75 Å². The molecule has 1 heterocycles. The van der Waals surface area contributed by atoms with Crippen molar-refractivity contribution in [2.75, 3.05) is 7.11 Å². The van der Waals surface area contributed by atoms with Crippen LogP contribution in [-0.2, 0) is 0 Å². The first-order chi connectivity index (χ1) is 7.86. The molecule has 0 aliphatic rings. The lowest BCUT2D eigenvalue weighted by molar-refractivity contribution is 0.419.